The molecule has 1 aromatic carbocycles. The Bertz CT molecular complexity index is 1530. The van der Waals surface area contributed by atoms with Crippen LogP contribution in [-0.2, 0) is 44.8 Å². The predicted octanol–water partition coefficient (Wildman–Crippen LogP) is -0.384. The number of hydrogen-bond acceptors (Lipinski definition) is 10. The Labute approximate surface area is 320 Å². The van der Waals surface area contributed by atoms with Crippen LogP contribution in [0.2, 0.25) is 0 Å². The highest BCUT2D eigenvalue weighted by Gasteiger charge is 2.36. The molecule has 1 fully saturated rings. The summed E-state index contributed by atoms with van der Waals surface area (Å²) in [4.78, 5) is 106. The van der Waals surface area contributed by atoms with E-state index in [1.807, 2.05) is 0 Å². The normalized spacial score (nSPS) is 16.0. The lowest BCUT2D eigenvalue weighted by Gasteiger charge is -2.29. The lowest BCUT2D eigenvalue weighted by atomic mass is 9.98. The topological polar surface area (TPSA) is 287 Å². The summed E-state index contributed by atoms with van der Waals surface area (Å²) >= 11 is 0. The molecule has 6 amide bonds. The van der Waals surface area contributed by atoms with Gasteiger partial charge in [-0.3, -0.25) is 33.6 Å². The minimum absolute atomic E-state index is 0.0219. The van der Waals surface area contributed by atoms with E-state index in [9.17, 15) is 53.7 Å². The maximum absolute atomic E-state index is 13.8. The minimum Gasteiger partial charge on any atom is -0.508 e. The van der Waals surface area contributed by atoms with E-state index in [0.29, 0.717) is 18.7 Å². The highest BCUT2D eigenvalue weighted by atomic mass is 16.4. The number of phenols is 1. The van der Waals surface area contributed by atoms with E-state index in [1.165, 1.54) is 17.0 Å². The lowest BCUT2D eigenvalue weighted by Crippen LogP contribution is -2.61. The number of carbonyl (C=O) groups is 8. The number of benzene rings is 1. The van der Waals surface area contributed by atoms with Crippen molar-refractivity contribution in [3.63, 3.8) is 0 Å². The van der Waals surface area contributed by atoms with Gasteiger partial charge in [-0.05, 0) is 61.1 Å². The Kier molecular flexibility index (Phi) is 18.0. The summed E-state index contributed by atoms with van der Waals surface area (Å²) < 4.78 is 0. The average molecular weight is 776 g/mol. The van der Waals surface area contributed by atoms with Crippen LogP contribution in [0.15, 0.2) is 24.3 Å². The summed E-state index contributed by atoms with van der Waals surface area (Å²) in [6.45, 7) is 10.9. The van der Waals surface area contributed by atoms with Crippen LogP contribution in [-0.4, -0.2) is 117 Å². The molecule has 0 radical (unpaired) electrons. The zero-order chi connectivity index (χ0) is 41.6. The van der Waals surface area contributed by atoms with Gasteiger partial charge in [-0.25, -0.2) is 4.79 Å². The van der Waals surface area contributed by atoms with Crippen LogP contribution in [0.5, 0.6) is 5.75 Å². The first-order valence-electron chi connectivity index (χ1n) is 18.5. The fourth-order valence-electron chi connectivity index (χ4n) is 5.91. The van der Waals surface area contributed by atoms with Gasteiger partial charge in [0.2, 0.25) is 35.4 Å². The molecule has 18 nitrogen and oxygen atoms in total. The van der Waals surface area contributed by atoms with Gasteiger partial charge in [0.05, 0.1) is 18.9 Å². The fourth-order valence-corrected chi connectivity index (χ4v) is 5.91. The van der Waals surface area contributed by atoms with E-state index in [2.05, 4.69) is 26.6 Å². The molecular formula is C37H57N7O11. The number of nitrogens with zero attached hydrogens (tertiary/aromatic N) is 1. The molecule has 1 aliphatic heterocycles. The Morgan fingerprint density at radius 1 is 0.655 bits per heavy atom. The summed E-state index contributed by atoms with van der Waals surface area (Å²) in [5.74, 6) is -8.89. The molecule has 306 valence electrons. The van der Waals surface area contributed by atoms with Crippen molar-refractivity contribution < 1.29 is 53.7 Å². The van der Waals surface area contributed by atoms with Gasteiger partial charge in [-0.2, -0.15) is 0 Å². The second-order valence-electron chi connectivity index (χ2n) is 15.0. The molecule has 10 N–H and O–H groups in total. The van der Waals surface area contributed by atoms with Crippen molar-refractivity contribution in [2.45, 2.75) is 116 Å². The third kappa shape index (κ3) is 15.2. The zero-order valence-electron chi connectivity index (χ0n) is 32.3. The molecule has 0 spiro atoms. The maximum Gasteiger partial charge on any atom is 0.326 e. The van der Waals surface area contributed by atoms with Gasteiger partial charge < -0.3 is 52.5 Å². The molecule has 0 saturated carbocycles. The predicted molar refractivity (Wildman–Crippen MR) is 199 cm³/mol. The molecule has 0 bridgehead atoms. The van der Waals surface area contributed by atoms with E-state index in [-0.39, 0.29) is 24.5 Å². The number of phenolic OH excluding ortho intramolecular Hbond substituents is 1. The second-order valence-corrected chi connectivity index (χ2v) is 15.0. The van der Waals surface area contributed by atoms with Crippen LogP contribution in [0.4, 0.5) is 0 Å². The number of aromatic hydroxyl groups is 1. The third-order valence-electron chi connectivity index (χ3n) is 9.03. The number of likely N-dealkylation sites (tertiary alicyclic amines) is 1. The highest BCUT2D eigenvalue weighted by Crippen LogP contribution is 2.14. The van der Waals surface area contributed by atoms with Crippen molar-refractivity contribution in [1.82, 2.24) is 31.5 Å². The maximum atomic E-state index is 13.8. The second kappa shape index (κ2) is 21.6. The van der Waals surface area contributed by atoms with Crippen LogP contribution in [0, 0.1) is 17.8 Å². The standard InChI is InChI=1S/C37H57N7O11/c1-19(2)15-27(37(54)55)41-34(51)26(18-29(47)48)39-33(50)25(17-28(46)44-13-7-8-14-44)40-35(52)30(20(3)4)43-36(53)31(21(5)6)42-32(49)24(38)16-22-9-11-23(45)12-10-22/h9-12,19-21,24-27,30-31,45H,7-8,13-18,38H2,1-6H3,(H,39,50)(H,40,52)(H,41,51)(H,42,49)(H,43,53)(H,47,48)(H,54,55)/t24-,25-,26-,27-,30-,31-/m0/s1. The van der Waals surface area contributed by atoms with Gasteiger partial charge in [0.1, 0.15) is 36.0 Å². The summed E-state index contributed by atoms with van der Waals surface area (Å²) in [6.07, 6.45) is 0.0992. The summed E-state index contributed by atoms with van der Waals surface area (Å²) in [6, 6.07) is -2.13. The van der Waals surface area contributed by atoms with Crippen LogP contribution in [0.3, 0.4) is 0 Å². The summed E-state index contributed by atoms with van der Waals surface area (Å²) in [7, 11) is 0. The fraction of sp³-hybridized carbons (Fsp3) is 0.622. The largest absolute Gasteiger partial charge is 0.508 e. The van der Waals surface area contributed by atoms with Crippen molar-refractivity contribution >= 4 is 47.4 Å². The highest BCUT2D eigenvalue weighted by molar-refractivity contribution is 5.98. The van der Waals surface area contributed by atoms with E-state index in [0.717, 1.165) is 12.8 Å². The van der Waals surface area contributed by atoms with Crippen LogP contribution in [0.1, 0.15) is 79.2 Å². The SMILES string of the molecule is CC(C)C[C@H](NC(=O)[C@H](CC(=O)O)NC(=O)[C@H](CC(=O)N1CCCC1)NC(=O)[C@@H](NC(=O)[C@@H](NC(=O)[C@@H](N)Cc1ccc(O)cc1)C(C)C)C(C)C)C(=O)O. The molecule has 1 aromatic rings. The van der Waals surface area contributed by atoms with E-state index in [4.69, 9.17) is 5.73 Å². The van der Waals surface area contributed by atoms with Gasteiger partial charge in [-0.15, -0.1) is 0 Å². The van der Waals surface area contributed by atoms with Crippen LogP contribution in [0.25, 0.3) is 0 Å². The van der Waals surface area contributed by atoms with Gasteiger partial charge in [0.25, 0.3) is 0 Å². The first-order chi connectivity index (χ1) is 25.7. The van der Waals surface area contributed by atoms with Crippen LogP contribution >= 0.6 is 0 Å². The minimum atomic E-state index is -1.77. The summed E-state index contributed by atoms with van der Waals surface area (Å²) in [5.41, 5.74) is 6.79. The Morgan fingerprint density at radius 3 is 1.58 bits per heavy atom. The average Bonchev–Trinajstić information content (AvgIpc) is 3.64. The van der Waals surface area contributed by atoms with Gasteiger partial charge >= 0.3 is 11.9 Å². The molecule has 0 unspecified atom stereocenters. The number of carbonyl (C=O) groups excluding carboxylic acids is 6. The van der Waals surface area contributed by atoms with E-state index >= 15 is 0 Å². The molecule has 2 rings (SSSR count). The molecule has 1 aliphatic rings. The number of carboxylic acid groups (broad SMARTS) is 2. The summed E-state index contributed by atoms with van der Waals surface area (Å²) in [5, 5.41) is 40.9. The Morgan fingerprint density at radius 2 is 1.11 bits per heavy atom. The van der Waals surface area contributed by atoms with Gasteiger partial charge in [-0.1, -0.05) is 53.7 Å². The molecule has 1 heterocycles. The number of rotatable bonds is 21. The molecule has 0 aliphatic carbocycles. The number of hydrogen-bond donors (Lipinski definition) is 9. The quantitative estimate of drug-likeness (QED) is 0.0773. The molecule has 1 saturated heterocycles. The van der Waals surface area contributed by atoms with Crippen LogP contribution < -0.4 is 32.3 Å². The Hall–Kier alpha value is -5.26. The molecule has 18 heteroatoms. The van der Waals surface area contributed by atoms with Crippen molar-refractivity contribution in [2.75, 3.05) is 13.1 Å². The lowest BCUT2D eigenvalue weighted by molar-refractivity contribution is -0.144. The number of nitrogens with two attached hydrogens (primary N) is 1. The number of nitrogens with one attached hydrogen (secondary N) is 5. The van der Waals surface area contributed by atoms with Gasteiger partial charge in [0, 0.05) is 13.1 Å². The van der Waals surface area contributed by atoms with Crippen molar-refractivity contribution in [2.24, 2.45) is 23.5 Å². The third-order valence-corrected chi connectivity index (χ3v) is 9.03. The Balaban J connectivity index is 2.29. The first-order valence-corrected chi connectivity index (χ1v) is 18.5. The van der Waals surface area contributed by atoms with E-state index < -0.39 is 108 Å². The molecule has 0 aromatic heterocycles. The molecular weight excluding hydrogens is 718 g/mol. The number of carboxylic acids is 2. The number of amides is 6. The monoisotopic (exact) mass is 775 g/mol. The molecule has 55 heavy (non-hydrogen) atoms. The number of aliphatic carboxylic acids is 2. The van der Waals surface area contributed by atoms with Gasteiger partial charge in [0.15, 0.2) is 0 Å². The van der Waals surface area contributed by atoms with Crippen molar-refractivity contribution in [1.29, 1.82) is 0 Å². The zero-order valence-corrected chi connectivity index (χ0v) is 32.3. The smallest absolute Gasteiger partial charge is 0.326 e. The van der Waals surface area contributed by atoms with Crippen molar-refractivity contribution in [3.05, 3.63) is 29.8 Å². The van der Waals surface area contributed by atoms with E-state index in [1.54, 1.807) is 53.7 Å². The molecule has 6 atom stereocenters. The first kappa shape index (κ1) is 45.9. The van der Waals surface area contributed by atoms with Crippen molar-refractivity contribution in [3.8, 4) is 5.75 Å².